The first kappa shape index (κ1) is 35.3. The van der Waals surface area contributed by atoms with E-state index >= 15 is 0 Å². The molecular weight excluding hydrogens is 548 g/mol. The van der Waals surface area contributed by atoms with Gasteiger partial charge in [-0.25, -0.2) is 0 Å². The zero-order valence-corrected chi connectivity index (χ0v) is 28.2. The molecule has 2 fully saturated rings. The molecule has 7 nitrogen and oxygen atoms in total. The Kier molecular flexibility index (Phi) is 14.9. The summed E-state index contributed by atoms with van der Waals surface area (Å²) in [6.07, 6.45) is 11.8. The van der Waals surface area contributed by atoms with Crippen LogP contribution in [0.1, 0.15) is 99.3 Å². The number of nitrogens with one attached hydrogen (secondary N) is 2. The zero-order valence-electron chi connectivity index (χ0n) is 28.2. The van der Waals surface area contributed by atoms with Gasteiger partial charge in [-0.3, -0.25) is 30.5 Å². The number of benzene rings is 2. The second-order valence-corrected chi connectivity index (χ2v) is 13.2. The quantitative estimate of drug-likeness (QED) is 0.189. The molecule has 2 aromatic carbocycles. The third kappa shape index (κ3) is 11.4. The number of anilines is 2. The summed E-state index contributed by atoms with van der Waals surface area (Å²) in [6.45, 7) is 15.5. The maximum Gasteiger partial charge on any atom is 0.243 e. The second kappa shape index (κ2) is 18.6. The lowest BCUT2D eigenvalue weighted by Gasteiger charge is -2.26. The summed E-state index contributed by atoms with van der Waals surface area (Å²) in [5, 5.41) is 3.81. The number of nitrogens with zero attached hydrogens (tertiary/aromatic N) is 2. The number of para-hydroxylation sites is 1. The molecule has 0 aliphatic carbocycles. The summed E-state index contributed by atoms with van der Waals surface area (Å²) in [5.41, 5.74) is 7.80. The largest absolute Gasteiger partial charge is 0.493 e. The van der Waals surface area contributed by atoms with Gasteiger partial charge in [0.25, 0.3) is 0 Å². The number of carbonyl (C=O) groups is 2. The fraction of sp³-hybridized carbons (Fsp3) is 0.622. The SMILES string of the molecule is CC1CN(c2ccccc2)NC1=O.CCCCCC(C)CCC(COc1cccc(N2CC(C)C(=O)N2)c1)C(C)CCCC. The van der Waals surface area contributed by atoms with Gasteiger partial charge in [-0.2, -0.15) is 0 Å². The maximum atomic E-state index is 11.8. The molecule has 2 heterocycles. The molecule has 2 aliphatic heterocycles. The van der Waals surface area contributed by atoms with Gasteiger partial charge in [-0.05, 0) is 48.4 Å². The van der Waals surface area contributed by atoms with Crippen molar-refractivity contribution in [3.8, 4) is 5.75 Å². The molecule has 2 saturated heterocycles. The summed E-state index contributed by atoms with van der Waals surface area (Å²) in [4.78, 5) is 23.0. The molecule has 0 bridgehead atoms. The molecule has 2 aromatic rings. The van der Waals surface area contributed by atoms with Crippen molar-refractivity contribution < 1.29 is 14.3 Å². The predicted octanol–water partition coefficient (Wildman–Crippen LogP) is 8.17. The van der Waals surface area contributed by atoms with Crippen LogP contribution in [0.4, 0.5) is 11.4 Å². The van der Waals surface area contributed by atoms with Gasteiger partial charge >= 0.3 is 0 Å². The topological polar surface area (TPSA) is 73.9 Å². The average molecular weight is 607 g/mol. The molecule has 0 aromatic heterocycles. The fourth-order valence-corrected chi connectivity index (χ4v) is 5.86. The molecule has 244 valence electrons. The van der Waals surface area contributed by atoms with Crippen molar-refractivity contribution >= 4 is 23.2 Å². The molecule has 0 radical (unpaired) electrons. The van der Waals surface area contributed by atoms with E-state index in [-0.39, 0.29) is 23.7 Å². The Morgan fingerprint density at radius 1 is 0.750 bits per heavy atom. The van der Waals surface area contributed by atoms with Crippen molar-refractivity contribution in [3.63, 3.8) is 0 Å². The van der Waals surface area contributed by atoms with E-state index in [0.717, 1.165) is 36.2 Å². The van der Waals surface area contributed by atoms with Crippen LogP contribution in [0.25, 0.3) is 0 Å². The third-order valence-electron chi connectivity index (χ3n) is 9.11. The van der Waals surface area contributed by atoms with E-state index in [0.29, 0.717) is 18.4 Å². The van der Waals surface area contributed by atoms with E-state index in [2.05, 4.69) is 44.6 Å². The Hall–Kier alpha value is -3.22. The van der Waals surface area contributed by atoms with Crippen molar-refractivity contribution in [2.24, 2.45) is 29.6 Å². The van der Waals surface area contributed by atoms with E-state index in [1.54, 1.807) is 0 Å². The molecular formula is C37H58N4O3. The van der Waals surface area contributed by atoms with Crippen molar-refractivity contribution in [1.82, 2.24) is 10.9 Å². The zero-order chi connectivity index (χ0) is 31.9. The highest BCUT2D eigenvalue weighted by atomic mass is 16.5. The van der Waals surface area contributed by atoms with Gasteiger partial charge in [-0.15, -0.1) is 0 Å². The molecule has 0 spiro atoms. The Morgan fingerprint density at radius 2 is 1.36 bits per heavy atom. The summed E-state index contributed by atoms with van der Waals surface area (Å²) >= 11 is 0. The van der Waals surface area contributed by atoms with Crippen molar-refractivity contribution in [3.05, 3.63) is 54.6 Å². The first-order valence-corrected chi connectivity index (χ1v) is 17.2. The Balaban J connectivity index is 0.000000335. The number of carbonyl (C=O) groups excluding carboxylic acids is 2. The van der Waals surface area contributed by atoms with Crippen LogP contribution in [0.15, 0.2) is 54.6 Å². The minimum absolute atomic E-state index is 0.0210. The molecule has 2 aliphatic rings. The van der Waals surface area contributed by atoms with Crippen LogP contribution >= 0.6 is 0 Å². The van der Waals surface area contributed by atoms with Gasteiger partial charge in [0.1, 0.15) is 5.75 Å². The maximum absolute atomic E-state index is 11.8. The van der Waals surface area contributed by atoms with E-state index in [1.807, 2.05) is 72.4 Å². The summed E-state index contributed by atoms with van der Waals surface area (Å²) < 4.78 is 6.31. The normalized spacial score (nSPS) is 20.0. The predicted molar refractivity (Wildman–Crippen MR) is 182 cm³/mol. The lowest BCUT2D eigenvalue weighted by molar-refractivity contribution is -0.122. The van der Waals surface area contributed by atoms with Crippen molar-refractivity contribution in [2.45, 2.75) is 99.3 Å². The molecule has 0 saturated carbocycles. The first-order chi connectivity index (χ1) is 21.2. The number of ether oxygens (including phenoxy) is 1. The monoisotopic (exact) mass is 606 g/mol. The number of hydrazine groups is 2. The lowest BCUT2D eigenvalue weighted by atomic mass is 9.84. The van der Waals surface area contributed by atoms with Crippen LogP contribution in [0.3, 0.4) is 0 Å². The molecule has 5 atom stereocenters. The molecule has 2 N–H and O–H groups in total. The smallest absolute Gasteiger partial charge is 0.243 e. The van der Waals surface area contributed by atoms with E-state index in [4.69, 9.17) is 4.74 Å². The van der Waals surface area contributed by atoms with Gasteiger partial charge in [0, 0.05) is 6.07 Å². The van der Waals surface area contributed by atoms with Crippen molar-refractivity contribution in [1.29, 1.82) is 0 Å². The van der Waals surface area contributed by atoms with Gasteiger partial charge in [0.05, 0.1) is 42.9 Å². The van der Waals surface area contributed by atoms with Gasteiger partial charge < -0.3 is 4.74 Å². The van der Waals surface area contributed by atoms with E-state index in [9.17, 15) is 9.59 Å². The highest BCUT2D eigenvalue weighted by molar-refractivity contribution is 5.84. The minimum Gasteiger partial charge on any atom is -0.493 e. The van der Waals surface area contributed by atoms with Crippen LogP contribution in [-0.4, -0.2) is 31.5 Å². The minimum atomic E-state index is 0.0210. The summed E-state index contributed by atoms with van der Waals surface area (Å²) in [5.74, 6) is 3.27. The highest BCUT2D eigenvalue weighted by Crippen LogP contribution is 2.29. The van der Waals surface area contributed by atoms with Crippen LogP contribution in [0, 0.1) is 29.6 Å². The van der Waals surface area contributed by atoms with E-state index in [1.165, 1.54) is 57.8 Å². The number of unbranched alkanes of at least 4 members (excludes halogenated alkanes) is 3. The van der Waals surface area contributed by atoms with Gasteiger partial charge in [0.2, 0.25) is 11.8 Å². The second-order valence-electron chi connectivity index (χ2n) is 13.2. The number of hydrogen-bond acceptors (Lipinski definition) is 5. The Bertz CT molecular complexity index is 1130. The van der Waals surface area contributed by atoms with Crippen LogP contribution in [0.5, 0.6) is 5.75 Å². The molecule has 4 rings (SSSR count). The van der Waals surface area contributed by atoms with Crippen LogP contribution in [-0.2, 0) is 9.59 Å². The number of amides is 2. The molecule has 5 unspecified atom stereocenters. The van der Waals surface area contributed by atoms with Crippen LogP contribution < -0.4 is 25.6 Å². The van der Waals surface area contributed by atoms with E-state index < -0.39 is 0 Å². The molecule has 2 amide bonds. The third-order valence-corrected chi connectivity index (χ3v) is 9.11. The Labute approximate surface area is 267 Å². The highest BCUT2D eigenvalue weighted by Gasteiger charge is 2.27. The number of rotatable bonds is 16. The Morgan fingerprint density at radius 3 is 1.95 bits per heavy atom. The molecule has 7 heteroatoms. The standard InChI is InChI=1S/C27H46N2O2.C10H12N2O/c1-6-8-10-12-21(3)16-17-24(22(4)13-9-7-2)20-31-26-15-11-14-25(18-26)29-19-23(5)27(30)28-29;1-8-7-12(11-10(8)13)9-5-3-2-4-6-9/h11,14-15,18,21-24H,6-10,12-13,16-17,19-20H2,1-5H3,(H,28,30);2-6,8H,7H2,1H3,(H,11,13). The lowest BCUT2D eigenvalue weighted by Crippen LogP contribution is -2.32. The molecule has 44 heavy (non-hydrogen) atoms. The fourth-order valence-electron chi connectivity index (χ4n) is 5.86. The average Bonchev–Trinajstić information content (AvgIpc) is 3.56. The van der Waals surface area contributed by atoms with Crippen molar-refractivity contribution in [2.75, 3.05) is 29.7 Å². The summed E-state index contributed by atoms with van der Waals surface area (Å²) in [7, 11) is 0. The van der Waals surface area contributed by atoms with Gasteiger partial charge in [-0.1, -0.05) is 117 Å². The van der Waals surface area contributed by atoms with Gasteiger partial charge in [0.15, 0.2) is 0 Å². The number of hydrogen-bond donors (Lipinski definition) is 2. The first-order valence-electron chi connectivity index (χ1n) is 17.2. The van der Waals surface area contributed by atoms with Crippen LogP contribution in [0.2, 0.25) is 0 Å². The summed E-state index contributed by atoms with van der Waals surface area (Å²) in [6, 6.07) is 18.0.